The molecule has 2 amide bonds. The van der Waals surface area contributed by atoms with Crippen LogP contribution in [0, 0.1) is 0 Å². The van der Waals surface area contributed by atoms with Crippen molar-refractivity contribution in [2.24, 2.45) is 0 Å². The van der Waals surface area contributed by atoms with E-state index in [0.29, 0.717) is 19.6 Å². The molecule has 1 N–H and O–H groups in total. The summed E-state index contributed by atoms with van der Waals surface area (Å²) in [6.07, 6.45) is -3.59. The third-order valence-electron chi connectivity index (χ3n) is 5.34. The normalized spacial score (nSPS) is 13.6. The number of carbonyl (C=O) groups excluding carboxylic acids is 1. The van der Waals surface area contributed by atoms with Crippen LogP contribution in [-0.4, -0.2) is 17.5 Å². The summed E-state index contributed by atoms with van der Waals surface area (Å²) in [5, 5.41) is 2.95. The van der Waals surface area contributed by atoms with Gasteiger partial charge in [-0.05, 0) is 52.4 Å². The summed E-state index contributed by atoms with van der Waals surface area (Å²) in [4.78, 5) is 14.3. The number of hydrogen-bond donors (Lipinski definition) is 1. The van der Waals surface area contributed by atoms with Crippen molar-refractivity contribution in [2.75, 3.05) is 6.54 Å². The fourth-order valence-corrected chi connectivity index (χ4v) is 3.65. The fourth-order valence-electron chi connectivity index (χ4n) is 3.65. The molecule has 0 aliphatic carbocycles. The second-order valence-corrected chi connectivity index (χ2v) is 7.37. The zero-order valence-electron chi connectivity index (χ0n) is 16.2. The van der Waals surface area contributed by atoms with Gasteiger partial charge in [0.15, 0.2) is 0 Å². The Morgan fingerprint density at radius 2 is 1.60 bits per heavy atom. The second-order valence-electron chi connectivity index (χ2n) is 7.37. The van der Waals surface area contributed by atoms with Crippen molar-refractivity contribution in [1.29, 1.82) is 0 Å². The van der Waals surface area contributed by atoms with Crippen LogP contribution in [0.15, 0.2) is 72.8 Å². The molecule has 6 heteroatoms. The molecule has 0 fully saturated rings. The van der Waals surface area contributed by atoms with Crippen LogP contribution >= 0.6 is 0 Å². The lowest BCUT2D eigenvalue weighted by Gasteiger charge is -2.29. The molecule has 0 atom stereocenters. The summed E-state index contributed by atoms with van der Waals surface area (Å²) in [6.45, 7) is 1.58. The first kappa shape index (κ1) is 20.0. The largest absolute Gasteiger partial charge is 0.416 e. The quantitative estimate of drug-likeness (QED) is 0.595. The van der Waals surface area contributed by atoms with Gasteiger partial charge in [0.2, 0.25) is 0 Å². The summed E-state index contributed by atoms with van der Waals surface area (Å²) in [5.74, 6) is 0. The molecule has 1 aliphatic heterocycles. The molecule has 0 saturated heterocycles. The van der Waals surface area contributed by atoms with E-state index in [1.807, 2.05) is 48.5 Å². The van der Waals surface area contributed by atoms with Crippen LogP contribution in [0.2, 0.25) is 0 Å². The van der Waals surface area contributed by atoms with E-state index in [0.717, 1.165) is 46.4 Å². The maximum absolute atomic E-state index is 12.8. The van der Waals surface area contributed by atoms with E-state index in [9.17, 15) is 18.0 Å². The lowest BCUT2D eigenvalue weighted by molar-refractivity contribution is -0.137. The van der Waals surface area contributed by atoms with Gasteiger partial charge in [-0.3, -0.25) is 0 Å². The number of urea groups is 1. The molecule has 3 nitrogen and oxygen atoms in total. The van der Waals surface area contributed by atoms with E-state index in [1.54, 1.807) is 4.90 Å². The topological polar surface area (TPSA) is 32.3 Å². The Kier molecular flexibility index (Phi) is 5.48. The average Bonchev–Trinajstić information content (AvgIpc) is 2.77. The van der Waals surface area contributed by atoms with Gasteiger partial charge in [-0.1, -0.05) is 54.6 Å². The maximum Gasteiger partial charge on any atom is 0.416 e. The van der Waals surface area contributed by atoms with Crippen LogP contribution in [0.5, 0.6) is 0 Å². The Hall–Kier alpha value is -3.28. The molecule has 0 radical (unpaired) electrons. The SMILES string of the molecule is O=C(NCc1ccccc1)N1CCc2ccc(-c3ccc(C(F)(F)F)cc3)cc2C1. The number of nitrogens with zero attached hydrogens (tertiary/aromatic N) is 1. The van der Waals surface area contributed by atoms with Gasteiger partial charge in [-0.25, -0.2) is 4.79 Å². The number of alkyl halides is 3. The van der Waals surface area contributed by atoms with E-state index in [2.05, 4.69) is 5.32 Å². The highest BCUT2D eigenvalue weighted by Gasteiger charge is 2.30. The van der Waals surface area contributed by atoms with Crippen molar-refractivity contribution < 1.29 is 18.0 Å². The number of hydrogen-bond acceptors (Lipinski definition) is 1. The lowest BCUT2D eigenvalue weighted by atomic mass is 9.94. The van der Waals surface area contributed by atoms with Crippen LogP contribution in [-0.2, 0) is 25.7 Å². The molecule has 0 unspecified atom stereocenters. The summed E-state index contributed by atoms with van der Waals surface area (Å²) < 4.78 is 38.4. The van der Waals surface area contributed by atoms with Crippen molar-refractivity contribution in [1.82, 2.24) is 10.2 Å². The van der Waals surface area contributed by atoms with Crippen molar-refractivity contribution in [3.05, 3.63) is 95.1 Å². The van der Waals surface area contributed by atoms with Crippen molar-refractivity contribution in [2.45, 2.75) is 25.7 Å². The third kappa shape index (κ3) is 4.48. The molecular formula is C24H21F3N2O. The first-order valence-corrected chi connectivity index (χ1v) is 9.76. The summed E-state index contributed by atoms with van der Waals surface area (Å²) in [7, 11) is 0. The highest BCUT2D eigenvalue weighted by molar-refractivity contribution is 5.75. The van der Waals surface area contributed by atoms with Crippen LogP contribution in [0.4, 0.5) is 18.0 Å². The molecule has 0 aromatic heterocycles. The van der Waals surface area contributed by atoms with Gasteiger partial charge < -0.3 is 10.2 Å². The van der Waals surface area contributed by atoms with Gasteiger partial charge in [0, 0.05) is 19.6 Å². The van der Waals surface area contributed by atoms with Crippen LogP contribution in [0.3, 0.4) is 0 Å². The highest BCUT2D eigenvalue weighted by Crippen LogP contribution is 2.32. The summed E-state index contributed by atoms with van der Waals surface area (Å²) >= 11 is 0. The van der Waals surface area contributed by atoms with Gasteiger partial charge in [-0.15, -0.1) is 0 Å². The van der Waals surface area contributed by atoms with Crippen LogP contribution < -0.4 is 5.32 Å². The van der Waals surface area contributed by atoms with E-state index in [4.69, 9.17) is 0 Å². The molecular weight excluding hydrogens is 389 g/mol. The van der Waals surface area contributed by atoms with E-state index in [-0.39, 0.29) is 6.03 Å². The molecule has 0 saturated carbocycles. The van der Waals surface area contributed by atoms with Crippen LogP contribution in [0.25, 0.3) is 11.1 Å². The molecule has 30 heavy (non-hydrogen) atoms. The van der Waals surface area contributed by atoms with Gasteiger partial charge >= 0.3 is 12.2 Å². The lowest BCUT2D eigenvalue weighted by Crippen LogP contribution is -2.42. The Bertz CT molecular complexity index is 1030. The maximum atomic E-state index is 12.8. The van der Waals surface area contributed by atoms with Crippen molar-refractivity contribution in [3.63, 3.8) is 0 Å². The zero-order chi connectivity index (χ0) is 21.1. The van der Waals surface area contributed by atoms with Crippen LogP contribution in [0.1, 0.15) is 22.3 Å². The van der Waals surface area contributed by atoms with Crippen molar-refractivity contribution in [3.8, 4) is 11.1 Å². The second kappa shape index (κ2) is 8.22. The zero-order valence-corrected chi connectivity index (χ0v) is 16.2. The summed E-state index contributed by atoms with van der Waals surface area (Å²) in [5.41, 5.74) is 4.12. The Balaban J connectivity index is 1.46. The first-order valence-electron chi connectivity index (χ1n) is 9.76. The van der Waals surface area contributed by atoms with Gasteiger partial charge in [0.25, 0.3) is 0 Å². The number of halogens is 3. The van der Waals surface area contributed by atoms with E-state index < -0.39 is 11.7 Å². The number of benzene rings is 3. The van der Waals surface area contributed by atoms with Gasteiger partial charge in [0.1, 0.15) is 0 Å². The van der Waals surface area contributed by atoms with Gasteiger partial charge in [-0.2, -0.15) is 13.2 Å². The molecule has 4 rings (SSSR count). The Morgan fingerprint density at radius 3 is 2.30 bits per heavy atom. The van der Waals surface area contributed by atoms with Crippen molar-refractivity contribution >= 4 is 6.03 Å². The Labute approximate surface area is 173 Å². The number of carbonyl (C=O) groups is 1. The average molecular weight is 410 g/mol. The minimum absolute atomic E-state index is 0.121. The standard InChI is InChI=1S/C24H21F3N2O/c25-24(26,27)22-10-8-18(9-11-22)20-7-6-19-12-13-29(16-21(19)14-20)23(30)28-15-17-4-2-1-3-5-17/h1-11,14H,12-13,15-16H2,(H,28,30). The third-order valence-corrected chi connectivity index (χ3v) is 5.34. The number of rotatable bonds is 3. The van der Waals surface area contributed by atoms with E-state index >= 15 is 0 Å². The predicted molar refractivity (Wildman–Crippen MR) is 110 cm³/mol. The predicted octanol–water partition coefficient (Wildman–Crippen LogP) is 5.64. The monoisotopic (exact) mass is 410 g/mol. The molecule has 1 aliphatic rings. The number of nitrogens with one attached hydrogen (secondary N) is 1. The number of fused-ring (bicyclic) bond motifs is 1. The van der Waals surface area contributed by atoms with Gasteiger partial charge in [0.05, 0.1) is 5.56 Å². The molecule has 3 aromatic carbocycles. The molecule has 0 bridgehead atoms. The first-order chi connectivity index (χ1) is 14.4. The smallest absolute Gasteiger partial charge is 0.334 e. The minimum atomic E-state index is -4.35. The fraction of sp³-hybridized carbons (Fsp3) is 0.208. The number of amides is 2. The molecule has 1 heterocycles. The summed E-state index contributed by atoms with van der Waals surface area (Å²) in [6, 6.07) is 20.6. The Morgan fingerprint density at radius 1 is 0.900 bits per heavy atom. The highest BCUT2D eigenvalue weighted by atomic mass is 19.4. The molecule has 0 spiro atoms. The minimum Gasteiger partial charge on any atom is -0.334 e. The molecule has 3 aromatic rings. The van der Waals surface area contributed by atoms with E-state index in [1.165, 1.54) is 12.1 Å². The molecule has 154 valence electrons.